The molecule has 0 bridgehead atoms. The maximum absolute atomic E-state index is 12.1. The molecular weight excluding hydrogens is 296 g/mol. The third-order valence-electron chi connectivity index (χ3n) is 2.49. The molecule has 20 heavy (non-hydrogen) atoms. The molecule has 0 radical (unpaired) electrons. The lowest BCUT2D eigenvalue weighted by atomic mass is 10.3. The monoisotopic (exact) mass is 312 g/mol. The van der Waals surface area contributed by atoms with E-state index in [1.807, 2.05) is 0 Å². The molecule has 108 valence electrons. The van der Waals surface area contributed by atoms with Crippen LogP contribution >= 0.6 is 11.3 Å². The second kappa shape index (κ2) is 6.19. The van der Waals surface area contributed by atoms with Crippen molar-refractivity contribution in [2.75, 3.05) is 16.6 Å². The molecule has 0 aliphatic rings. The fourth-order valence-electron chi connectivity index (χ4n) is 1.53. The molecule has 0 spiro atoms. The Kier molecular flexibility index (Phi) is 4.56. The Balaban J connectivity index is 2.13. The average molecular weight is 312 g/mol. The number of benzene rings is 1. The largest absolute Gasteiger partial charge is 0.385 e. The van der Waals surface area contributed by atoms with E-state index in [2.05, 4.69) is 27.2 Å². The molecule has 2 aromatic rings. The Morgan fingerprint density at radius 2 is 1.90 bits per heavy atom. The van der Waals surface area contributed by atoms with Crippen molar-refractivity contribution in [2.24, 2.45) is 0 Å². The number of rotatable bonds is 6. The van der Waals surface area contributed by atoms with Crippen molar-refractivity contribution in [1.29, 1.82) is 0 Å². The normalized spacial score (nSPS) is 11.3. The van der Waals surface area contributed by atoms with Crippen LogP contribution in [0, 0.1) is 6.92 Å². The van der Waals surface area contributed by atoms with E-state index in [-0.39, 0.29) is 10.0 Å². The number of hydrogen-bond donors (Lipinski definition) is 2. The minimum absolute atomic E-state index is 0.201. The molecular formula is C12H16N4O2S2. The zero-order chi connectivity index (χ0) is 14.6. The fraction of sp³-hybridized carbons (Fsp3) is 0.333. The summed E-state index contributed by atoms with van der Waals surface area (Å²) >= 11 is 1.20. The standard InChI is InChI=1S/C12H16N4O2S2/c1-3-8-13-10-4-6-11(7-5-10)20(17,18)16-12-15-14-9(2)19-12/h4-7,13H,3,8H2,1-2H3,(H,15,16). The number of sulfonamides is 1. The Morgan fingerprint density at radius 1 is 1.20 bits per heavy atom. The maximum atomic E-state index is 12.1. The first-order chi connectivity index (χ1) is 9.51. The van der Waals surface area contributed by atoms with Crippen molar-refractivity contribution < 1.29 is 8.42 Å². The number of hydrogen-bond acceptors (Lipinski definition) is 6. The van der Waals surface area contributed by atoms with Crippen LogP contribution in [0.15, 0.2) is 29.2 Å². The van der Waals surface area contributed by atoms with E-state index in [0.29, 0.717) is 5.01 Å². The summed E-state index contributed by atoms with van der Waals surface area (Å²) in [5.41, 5.74) is 0.901. The smallest absolute Gasteiger partial charge is 0.263 e. The molecule has 2 rings (SSSR count). The molecule has 2 N–H and O–H groups in total. The van der Waals surface area contributed by atoms with E-state index in [4.69, 9.17) is 0 Å². The molecule has 0 atom stereocenters. The number of aryl methyl sites for hydroxylation is 1. The second-order valence-corrected chi connectivity index (χ2v) is 7.05. The number of nitrogens with zero attached hydrogens (tertiary/aromatic N) is 2. The molecule has 0 amide bonds. The van der Waals surface area contributed by atoms with E-state index in [1.165, 1.54) is 11.3 Å². The topological polar surface area (TPSA) is 84.0 Å². The first-order valence-electron chi connectivity index (χ1n) is 6.18. The highest BCUT2D eigenvalue weighted by Gasteiger charge is 2.16. The Labute approximate surface area is 122 Å². The van der Waals surface area contributed by atoms with Gasteiger partial charge < -0.3 is 5.32 Å². The second-order valence-electron chi connectivity index (χ2n) is 4.18. The molecule has 8 heteroatoms. The van der Waals surface area contributed by atoms with Crippen LogP contribution in [0.1, 0.15) is 18.4 Å². The van der Waals surface area contributed by atoms with Gasteiger partial charge in [0.2, 0.25) is 5.13 Å². The van der Waals surface area contributed by atoms with E-state index in [0.717, 1.165) is 18.7 Å². The number of anilines is 2. The van der Waals surface area contributed by atoms with Gasteiger partial charge in [-0.15, -0.1) is 10.2 Å². The molecule has 0 saturated heterocycles. The third-order valence-corrected chi connectivity index (χ3v) is 4.73. The van der Waals surface area contributed by atoms with E-state index < -0.39 is 10.0 Å². The van der Waals surface area contributed by atoms with Crippen molar-refractivity contribution in [3.8, 4) is 0 Å². The van der Waals surface area contributed by atoms with Gasteiger partial charge in [0.05, 0.1) is 4.90 Å². The summed E-state index contributed by atoms with van der Waals surface area (Å²) in [6, 6.07) is 6.62. The predicted octanol–water partition coefficient (Wildman–Crippen LogP) is 2.47. The minimum atomic E-state index is -3.61. The van der Waals surface area contributed by atoms with Gasteiger partial charge in [0.15, 0.2) is 0 Å². The highest BCUT2D eigenvalue weighted by Crippen LogP contribution is 2.20. The third kappa shape index (κ3) is 3.67. The van der Waals surface area contributed by atoms with Crippen molar-refractivity contribution in [3.63, 3.8) is 0 Å². The molecule has 0 unspecified atom stereocenters. The van der Waals surface area contributed by atoms with Crippen molar-refractivity contribution in [3.05, 3.63) is 29.3 Å². The van der Waals surface area contributed by atoms with Gasteiger partial charge in [-0.25, -0.2) is 8.42 Å². The zero-order valence-corrected chi connectivity index (χ0v) is 12.9. The first kappa shape index (κ1) is 14.7. The molecule has 1 aromatic carbocycles. The molecule has 0 fully saturated rings. The first-order valence-corrected chi connectivity index (χ1v) is 8.48. The van der Waals surface area contributed by atoms with Gasteiger partial charge in [-0.2, -0.15) is 0 Å². The number of nitrogens with one attached hydrogen (secondary N) is 2. The molecule has 0 aliphatic heterocycles. The van der Waals surface area contributed by atoms with Gasteiger partial charge in [-0.05, 0) is 37.6 Å². The summed E-state index contributed by atoms with van der Waals surface area (Å²) in [5.74, 6) is 0. The summed E-state index contributed by atoms with van der Waals surface area (Å²) in [6.45, 7) is 4.69. The predicted molar refractivity (Wildman–Crippen MR) is 80.7 cm³/mol. The Hall–Kier alpha value is -1.67. The van der Waals surface area contributed by atoms with Crippen LogP contribution in [0.5, 0.6) is 0 Å². The lowest BCUT2D eigenvalue weighted by Crippen LogP contribution is -2.12. The van der Waals surface area contributed by atoms with Crippen molar-refractivity contribution in [2.45, 2.75) is 25.2 Å². The van der Waals surface area contributed by atoms with Crippen molar-refractivity contribution in [1.82, 2.24) is 10.2 Å². The van der Waals surface area contributed by atoms with Crippen LogP contribution in [0.3, 0.4) is 0 Å². The summed E-state index contributed by atoms with van der Waals surface area (Å²) in [4.78, 5) is 0.201. The van der Waals surface area contributed by atoms with Gasteiger partial charge in [0.25, 0.3) is 10.0 Å². The van der Waals surface area contributed by atoms with Crippen molar-refractivity contribution >= 4 is 32.2 Å². The van der Waals surface area contributed by atoms with Crippen LogP contribution in [-0.4, -0.2) is 25.2 Å². The quantitative estimate of drug-likeness (QED) is 0.856. The summed E-state index contributed by atoms with van der Waals surface area (Å²) in [7, 11) is -3.61. The fourth-order valence-corrected chi connectivity index (χ4v) is 3.35. The number of aromatic nitrogens is 2. The summed E-state index contributed by atoms with van der Waals surface area (Å²) < 4.78 is 26.7. The summed E-state index contributed by atoms with van der Waals surface area (Å²) in [5, 5.41) is 11.7. The molecule has 1 aromatic heterocycles. The minimum Gasteiger partial charge on any atom is -0.385 e. The van der Waals surface area contributed by atoms with Gasteiger partial charge in [-0.1, -0.05) is 18.3 Å². The summed E-state index contributed by atoms with van der Waals surface area (Å²) in [6.07, 6.45) is 1.01. The Bertz CT molecular complexity index is 665. The van der Waals surface area contributed by atoms with E-state index in [1.54, 1.807) is 31.2 Å². The maximum Gasteiger partial charge on any atom is 0.263 e. The van der Waals surface area contributed by atoms with Gasteiger partial charge in [0.1, 0.15) is 5.01 Å². The van der Waals surface area contributed by atoms with Crippen LogP contribution < -0.4 is 10.0 Å². The average Bonchev–Trinajstić information content (AvgIpc) is 2.81. The molecule has 0 aliphatic carbocycles. The van der Waals surface area contributed by atoms with Gasteiger partial charge in [0, 0.05) is 12.2 Å². The van der Waals surface area contributed by atoms with Crippen LogP contribution in [0.4, 0.5) is 10.8 Å². The van der Waals surface area contributed by atoms with E-state index >= 15 is 0 Å². The van der Waals surface area contributed by atoms with E-state index in [9.17, 15) is 8.42 Å². The zero-order valence-electron chi connectivity index (χ0n) is 11.3. The van der Waals surface area contributed by atoms with Crippen LogP contribution in [0.25, 0.3) is 0 Å². The molecule has 6 nitrogen and oxygen atoms in total. The van der Waals surface area contributed by atoms with Crippen LogP contribution in [0.2, 0.25) is 0 Å². The molecule has 0 saturated carbocycles. The lowest BCUT2D eigenvalue weighted by Gasteiger charge is -2.07. The van der Waals surface area contributed by atoms with Gasteiger partial charge >= 0.3 is 0 Å². The highest BCUT2D eigenvalue weighted by atomic mass is 32.2. The highest BCUT2D eigenvalue weighted by molar-refractivity contribution is 7.93. The molecule has 1 heterocycles. The SMILES string of the molecule is CCCNc1ccc(S(=O)(=O)Nc2nnc(C)s2)cc1. The lowest BCUT2D eigenvalue weighted by molar-refractivity contribution is 0.601. The Morgan fingerprint density at radius 3 is 2.45 bits per heavy atom. The van der Waals surface area contributed by atoms with Gasteiger partial charge in [-0.3, -0.25) is 4.72 Å². The van der Waals surface area contributed by atoms with Crippen LogP contribution in [-0.2, 0) is 10.0 Å².